The smallest absolute Gasteiger partial charge is 0.259 e. The molecule has 1 atom stereocenters. The molecule has 7 heteroatoms. The largest absolute Gasteiger partial charge is 0.496 e. The molecule has 7 nitrogen and oxygen atoms in total. The molecule has 1 saturated heterocycles. The lowest BCUT2D eigenvalue weighted by Crippen LogP contribution is -2.39. The maximum absolute atomic E-state index is 13.0. The van der Waals surface area contributed by atoms with Gasteiger partial charge in [0.15, 0.2) is 11.6 Å². The highest BCUT2D eigenvalue weighted by Gasteiger charge is 2.28. The van der Waals surface area contributed by atoms with Crippen molar-refractivity contribution in [1.29, 1.82) is 0 Å². The monoisotopic (exact) mass is 378 g/mol. The van der Waals surface area contributed by atoms with Crippen LogP contribution < -0.4 is 9.64 Å². The minimum atomic E-state index is -0.0786. The van der Waals surface area contributed by atoms with E-state index >= 15 is 0 Å². The lowest BCUT2D eigenvalue weighted by molar-refractivity contribution is 0.0904. The number of ether oxygens (including phenoxy) is 1. The number of hydrogen-bond donors (Lipinski definition) is 0. The van der Waals surface area contributed by atoms with E-state index in [1.807, 2.05) is 36.4 Å². The van der Waals surface area contributed by atoms with Gasteiger partial charge in [0, 0.05) is 25.2 Å². The number of aromatic nitrogens is 3. The van der Waals surface area contributed by atoms with Gasteiger partial charge >= 0.3 is 0 Å². The summed E-state index contributed by atoms with van der Waals surface area (Å²) in [6, 6.07) is 11.3. The third-order valence-electron chi connectivity index (χ3n) is 5.01. The minimum Gasteiger partial charge on any atom is -0.496 e. The van der Waals surface area contributed by atoms with Gasteiger partial charge in [0.1, 0.15) is 11.6 Å². The highest BCUT2D eigenvalue weighted by molar-refractivity contribution is 6.00. The fourth-order valence-corrected chi connectivity index (χ4v) is 3.58. The van der Waals surface area contributed by atoms with Crippen LogP contribution in [0.5, 0.6) is 5.75 Å². The second-order valence-corrected chi connectivity index (χ2v) is 6.90. The van der Waals surface area contributed by atoms with Gasteiger partial charge in [-0.05, 0) is 44.0 Å². The van der Waals surface area contributed by atoms with Crippen LogP contribution in [0.4, 0.5) is 5.82 Å². The van der Waals surface area contributed by atoms with Gasteiger partial charge in [0.2, 0.25) is 0 Å². The predicted octanol–water partition coefficient (Wildman–Crippen LogP) is 3.55. The van der Waals surface area contributed by atoms with Gasteiger partial charge in [-0.3, -0.25) is 4.79 Å². The molecule has 3 heterocycles. The Bertz CT molecular complexity index is 968. The summed E-state index contributed by atoms with van der Waals surface area (Å²) < 4.78 is 10.5. The summed E-state index contributed by atoms with van der Waals surface area (Å²) in [6.45, 7) is 3.30. The summed E-state index contributed by atoms with van der Waals surface area (Å²) in [5.74, 6) is 2.57. The van der Waals surface area contributed by atoms with Gasteiger partial charge < -0.3 is 14.2 Å². The van der Waals surface area contributed by atoms with E-state index < -0.39 is 0 Å². The molecular formula is C21H22N4O3. The van der Waals surface area contributed by atoms with Crippen LogP contribution in [0.1, 0.15) is 29.0 Å². The normalized spacial score (nSPS) is 16.8. The molecule has 0 aliphatic carbocycles. The Morgan fingerprint density at radius 3 is 2.82 bits per heavy atom. The van der Waals surface area contributed by atoms with Gasteiger partial charge in [-0.25, -0.2) is 4.98 Å². The van der Waals surface area contributed by atoms with Crippen molar-refractivity contribution >= 4 is 11.6 Å². The average Bonchev–Trinajstić information content (AvgIpc) is 3.19. The van der Waals surface area contributed by atoms with Crippen LogP contribution in [0.15, 0.2) is 47.1 Å². The van der Waals surface area contributed by atoms with Crippen molar-refractivity contribution in [3.05, 3.63) is 54.0 Å². The summed E-state index contributed by atoms with van der Waals surface area (Å²) in [4.78, 5) is 24.0. The van der Waals surface area contributed by atoms with Crippen LogP contribution >= 0.6 is 0 Å². The number of benzene rings is 1. The summed E-state index contributed by atoms with van der Waals surface area (Å²) in [5, 5.41) is 3.81. The molecule has 0 unspecified atom stereocenters. The Morgan fingerprint density at radius 1 is 1.25 bits per heavy atom. The number of nitrogens with zero attached hydrogens (tertiary/aromatic N) is 4. The number of anilines is 1. The molecule has 4 rings (SSSR count). The molecular weight excluding hydrogens is 356 g/mol. The second-order valence-electron chi connectivity index (χ2n) is 6.90. The number of para-hydroxylation sites is 1. The van der Waals surface area contributed by atoms with E-state index in [1.165, 1.54) is 0 Å². The molecule has 1 aromatic carbocycles. The molecule has 1 aliphatic heterocycles. The van der Waals surface area contributed by atoms with Crippen molar-refractivity contribution < 1.29 is 14.1 Å². The van der Waals surface area contributed by atoms with Crippen LogP contribution in [0.25, 0.3) is 11.5 Å². The van der Waals surface area contributed by atoms with Crippen molar-refractivity contribution in [3.8, 4) is 17.2 Å². The van der Waals surface area contributed by atoms with E-state index in [-0.39, 0.29) is 11.7 Å². The first-order valence-electron chi connectivity index (χ1n) is 9.34. The maximum Gasteiger partial charge on any atom is 0.259 e. The van der Waals surface area contributed by atoms with Crippen molar-refractivity contribution in [3.63, 3.8) is 0 Å². The van der Waals surface area contributed by atoms with Crippen LogP contribution in [0, 0.1) is 12.8 Å². The average molecular weight is 378 g/mol. The summed E-state index contributed by atoms with van der Waals surface area (Å²) in [7, 11) is 1.59. The molecule has 0 spiro atoms. The standard InChI is InChI=1S/C21H22N4O3/c1-14-23-21(28-24-14)15-9-10-19(22-12-15)25-11-5-6-16(13-25)20(26)17-7-3-4-8-18(17)27-2/h3-4,7-10,12,16H,5-6,11,13H2,1-2H3/t16-/m1/s1. The highest BCUT2D eigenvalue weighted by Crippen LogP contribution is 2.28. The quantitative estimate of drug-likeness (QED) is 0.628. The number of carbonyl (C=O) groups excluding carboxylic acids is 1. The number of ketones is 1. The Balaban J connectivity index is 1.50. The Morgan fingerprint density at radius 2 is 2.11 bits per heavy atom. The van der Waals surface area contributed by atoms with E-state index in [0.29, 0.717) is 29.6 Å². The second kappa shape index (κ2) is 7.80. The predicted molar refractivity (Wildman–Crippen MR) is 105 cm³/mol. The van der Waals surface area contributed by atoms with Crippen LogP contribution in [-0.4, -0.2) is 41.1 Å². The summed E-state index contributed by atoms with van der Waals surface area (Å²) in [5.41, 5.74) is 1.43. The first-order chi connectivity index (χ1) is 13.7. The van der Waals surface area contributed by atoms with E-state index in [4.69, 9.17) is 9.26 Å². The number of methoxy groups -OCH3 is 1. The van der Waals surface area contributed by atoms with E-state index in [1.54, 1.807) is 20.2 Å². The molecule has 1 aliphatic rings. The zero-order valence-corrected chi connectivity index (χ0v) is 16.0. The molecule has 2 aromatic heterocycles. The number of Topliss-reactive ketones (excluding diaryl/α,β-unsaturated/α-hetero) is 1. The first kappa shape index (κ1) is 18.2. The van der Waals surface area contributed by atoms with Crippen molar-refractivity contribution in [2.24, 2.45) is 5.92 Å². The van der Waals surface area contributed by atoms with Gasteiger partial charge in [0.05, 0.1) is 18.2 Å². The van der Waals surface area contributed by atoms with E-state index in [9.17, 15) is 4.79 Å². The van der Waals surface area contributed by atoms with Crippen molar-refractivity contribution in [1.82, 2.24) is 15.1 Å². The molecule has 0 saturated carbocycles. The SMILES string of the molecule is COc1ccccc1C(=O)[C@@H]1CCCN(c2ccc(-c3nc(C)no3)cn2)C1. The van der Waals surface area contributed by atoms with Crippen LogP contribution in [-0.2, 0) is 0 Å². The summed E-state index contributed by atoms with van der Waals surface area (Å²) in [6.07, 6.45) is 3.54. The van der Waals surface area contributed by atoms with Crippen molar-refractivity contribution in [2.75, 3.05) is 25.1 Å². The number of hydrogen-bond acceptors (Lipinski definition) is 7. The fraction of sp³-hybridized carbons (Fsp3) is 0.333. The van der Waals surface area contributed by atoms with E-state index in [0.717, 1.165) is 30.8 Å². The molecule has 0 amide bonds. The number of pyridine rings is 1. The van der Waals surface area contributed by atoms with Crippen LogP contribution in [0.2, 0.25) is 0 Å². The number of aryl methyl sites for hydroxylation is 1. The lowest BCUT2D eigenvalue weighted by atomic mass is 9.89. The molecule has 28 heavy (non-hydrogen) atoms. The van der Waals surface area contributed by atoms with Gasteiger partial charge in [0.25, 0.3) is 5.89 Å². The van der Waals surface area contributed by atoms with Crippen LogP contribution in [0.3, 0.4) is 0 Å². The van der Waals surface area contributed by atoms with E-state index in [2.05, 4.69) is 20.0 Å². The molecule has 0 N–H and O–H groups in total. The minimum absolute atomic E-state index is 0.0786. The third-order valence-corrected chi connectivity index (χ3v) is 5.01. The van der Waals surface area contributed by atoms with Gasteiger partial charge in [-0.2, -0.15) is 4.98 Å². The van der Waals surface area contributed by atoms with Gasteiger partial charge in [-0.1, -0.05) is 17.3 Å². The number of piperidine rings is 1. The molecule has 1 fully saturated rings. The Kier molecular flexibility index (Phi) is 5.06. The molecule has 144 valence electrons. The third kappa shape index (κ3) is 3.60. The Hall–Kier alpha value is -3.22. The zero-order chi connectivity index (χ0) is 19.5. The lowest BCUT2D eigenvalue weighted by Gasteiger charge is -2.33. The molecule has 3 aromatic rings. The molecule has 0 bridgehead atoms. The molecule has 0 radical (unpaired) electrons. The maximum atomic E-state index is 13.0. The fourth-order valence-electron chi connectivity index (χ4n) is 3.58. The zero-order valence-electron chi connectivity index (χ0n) is 16.0. The van der Waals surface area contributed by atoms with Crippen molar-refractivity contribution in [2.45, 2.75) is 19.8 Å². The summed E-state index contributed by atoms with van der Waals surface area (Å²) >= 11 is 0. The Labute approximate surface area is 163 Å². The number of rotatable bonds is 5. The topological polar surface area (TPSA) is 81.4 Å². The number of carbonyl (C=O) groups is 1. The van der Waals surface area contributed by atoms with Gasteiger partial charge in [-0.15, -0.1) is 0 Å². The first-order valence-corrected chi connectivity index (χ1v) is 9.34. The highest BCUT2D eigenvalue weighted by atomic mass is 16.5.